The third-order valence-electron chi connectivity index (χ3n) is 8.22. The number of aromatic nitrogens is 2. The maximum Gasteiger partial charge on any atom is 0.249 e. The molecule has 0 unspecified atom stereocenters. The molecule has 2 aromatic heterocycles. The predicted molar refractivity (Wildman–Crippen MR) is 146 cm³/mol. The van der Waals surface area contributed by atoms with Gasteiger partial charge in [0, 0.05) is 42.4 Å². The quantitative estimate of drug-likeness (QED) is 0.472. The molecule has 208 valence electrons. The Morgan fingerprint density at radius 3 is 2.58 bits per heavy atom. The van der Waals surface area contributed by atoms with Crippen LogP contribution < -0.4 is 10.2 Å². The maximum atomic E-state index is 14.8. The summed E-state index contributed by atoms with van der Waals surface area (Å²) in [4.78, 5) is 24.4. The molecule has 1 aliphatic heterocycles. The second kappa shape index (κ2) is 10.3. The van der Waals surface area contributed by atoms with Crippen LogP contribution in [-0.2, 0) is 14.6 Å². The van der Waals surface area contributed by atoms with Gasteiger partial charge >= 0.3 is 0 Å². The Kier molecular flexibility index (Phi) is 6.82. The molecule has 40 heavy (non-hydrogen) atoms. The number of anilines is 1. The first kappa shape index (κ1) is 26.4. The van der Waals surface area contributed by atoms with Gasteiger partial charge in [-0.25, -0.2) is 22.8 Å². The van der Waals surface area contributed by atoms with Crippen LogP contribution >= 0.6 is 0 Å². The zero-order valence-electron chi connectivity index (χ0n) is 22.0. The number of carbonyl (C=O) groups excluding carboxylic acids is 1. The fourth-order valence-electron chi connectivity index (χ4n) is 5.80. The van der Waals surface area contributed by atoms with Gasteiger partial charge in [-0.2, -0.15) is 5.26 Å². The molecule has 1 saturated heterocycles. The fourth-order valence-corrected chi connectivity index (χ4v) is 7.00. The first-order chi connectivity index (χ1) is 19.3. The van der Waals surface area contributed by atoms with Crippen LogP contribution in [0, 0.1) is 23.1 Å². The number of benzene rings is 1. The van der Waals surface area contributed by atoms with Gasteiger partial charge in [-0.15, -0.1) is 0 Å². The van der Waals surface area contributed by atoms with Crippen LogP contribution in [0.1, 0.15) is 50.2 Å². The van der Waals surface area contributed by atoms with E-state index in [0.29, 0.717) is 50.2 Å². The molecule has 1 N–H and O–H groups in total. The molecule has 0 radical (unpaired) electrons. The second-order valence-corrected chi connectivity index (χ2v) is 13.2. The molecule has 6 rings (SSSR count). The highest BCUT2D eigenvalue weighted by atomic mass is 32.2. The van der Waals surface area contributed by atoms with E-state index in [1.54, 1.807) is 0 Å². The van der Waals surface area contributed by atoms with E-state index in [1.807, 2.05) is 29.2 Å². The number of sulfone groups is 1. The minimum absolute atomic E-state index is 0.0187. The van der Waals surface area contributed by atoms with Gasteiger partial charge in [0.15, 0.2) is 21.3 Å². The molecule has 0 bridgehead atoms. The number of rotatable bonds is 6. The van der Waals surface area contributed by atoms with Gasteiger partial charge in [0.1, 0.15) is 17.0 Å². The molecular formula is C29H30FN5O4S. The van der Waals surface area contributed by atoms with Crippen molar-refractivity contribution < 1.29 is 22.0 Å². The van der Waals surface area contributed by atoms with Gasteiger partial charge in [-0.1, -0.05) is 31.0 Å². The number of para-hydroxylation sites is 1. The number of nitrogens with zero attached hydrogens (tertiary/aromatic N) is 4. The van der Waals surface area contributed by atoms with Crippen molar-refractivity contribution in [1.29, 1.82) is 5.26 Å². The number of amides is 1. The van der Waals surface area contributed by atoms with E-state index >= 15 is 0 Å². The Hall–Kier alpha value is -3.78. The van der Waals surface area contributed by atoms with Gasteiger partial charge in [0.2, 0.25) is 11.8 Å². The molecule has 2 aliphatic carbocycles. The lowest BCUT2D eigenvalue weighted by molar-refractivity contribution is -0.127. The summed E-state index contributed by atoms with van der Waals surface area (Å²) < 4.78 is 45.4. The summed E-state index contributed by atoms with van der Waals surface area (Å²) in [6.45, 7) is 0.692. The lowest BCUT2D eigenvalue weighted by Crippen LogP contribution is -2.42. The zero-order chi connectivity index (χ0) is 27.9. The number of carbonyl (C=O) groups is 1. The van der Waals surface area contributed by atoms with Crippen molar-refractivity contribution in [2.75, 3.05) is 29.5 Å². The van der Waals surface area contributed by atoms with Crippen molar-refractivity contribution in [2.45, 2.75) is 50.0 Å². The van der Waals surface area contributed by atoms with Gasteiger partial charge in [0.25, 0.3) is 0 Å². The monoisotopic (exact) mass is 563 g/mol. The molecule has 1 aromatic carbocycles. The number of pyridine rings is 1. The molecule has 11 heteroatoms. The Morgan fingerprint density at radius 2 is 1.85 bits per heavy atom. The Labute approximate surface area is 232 Å². The van der Waals surface area contributed by atoms with Crippen LogP contribution in [0.5, 0.6) is 0 Å². The first-order valence-electron chi connectivity index (χ1n) is 13.7. The molecule has 3 fully saturated rings. The molecule has 3 aliphatic rings. The number of oxazole rings is 1. The van der Waals surface area contributed by atoms with Crippen LogP contribution in [0.25, 0.3) is 22.8 Å². The van der Waals surface area contributed by atoms with Gasteiger partial charge in [0.05, 0.1) is 17.6 Å². The number of hydrogen-bond donors (Lipinski definition) is 1. The SMILES string of the molecule is N#CC1(NC(=O)[C@@H]2CCCC[C@H]2c2oc(-c3ncccc3F)nc2-c2ccccc2N2CCS(=O)(=O)CC2)CC1. The lowest BCUT2D eigenvalue weighted by atomic mass is 9.76. The second-order valence-electron chi connectivity index (χ2n) is 10.9. The van der Waals surface area contributed by atoms with E-state index < -0.39 is 27.1 Å². The van der Waals surface area contributed by atoms with Crippen LogP contribution in [0.3, 0.4) is 0 Å². The predicted octanol–water partition coefficient (Wildman–Crippen LogP) is 4.22. The Balaban J connectivity index is 1.44. The average molecular weight is 564 g/mol. The van der Waals surface area contributed by atoms with Crippen LogP contribution in [0.15, 0.2) is 47.0 Å². The van der Waals surface area contributed by atoms with Crippen molar-refractivity contribution in [3.63, 3.8) is 0 Å². The summed E-state index contributed by atoms with van der Waals surface area (Å²) in [5.41, 5.74) is 1.22. The van der Waals surface area contributed by atoms with Gasteiger partial charge in [-0.3, -0.25) is 4.79 Å². The lowest BCUT2D eigenvalue weighted by Gasteiger charge is -2.32. The van der Waals surface area contributed by atoms with E-state index in [9.17, 15) is 22.9 Å². The maximum absolute atomic E-state index is 14.8. The van der Waals surface area contributed by atoms with E-state index in [-0.39, 0.29) is 34.9 Å². The zero-order valence-corrected chi connectivity index (χ0v) is 22.8. The van der Waals surface area contributed by atoms with Crippen molar-refractivity contribution in [3.8, 4) is 28.9 Å². The molecule has 3 heterocycles. The van der Waals surface area contributed by atoms with E-state index in [1.165, 1.54) is 18.3 Å². The van der Waals surface area contributed by atoms with Crippen LogP contribution in [0.2, 0.25) is 0 Å². The highest BCUT2D eigenvalue weighted by Crippen LogP contribution is 2.46. The van der Waals surface area contributed by atoms with Gasteiger partial charge in [-0.05, 0) is 43.9 Å². The normalized spacial score (nSPS) is 23.2. The highest BCUT2D eigenvalue weighted by molar-refractivity contribution is 7.91. The third-order valence-corrected chi connectivity index (χ3v) is 9.83. The molecule has 2 saturated carbocycles. The van der Waals surface area contributed by atoms with Crippen molar-refractivity contribution >= 4 is 21.4 Å². The molecular weight excluding hydrogens is 533 g/mol. The number of hydrogen-bond acceptors (Lipinski definition) is 8. The van der Waals surface area contributed by atoms with Crippen LogP contribution in [-0.4, -0.2) is 54.4 Å². The molecule has 3 aromatic rings. The molecule has 9 nitrogen and oxygen atoms in total. The van der Waals surface area contributed by atoms with E-state index in [0.717, 1.165) is 24.1 Å². The van der Waals surface area contributed by atoms with E-state index in [4.69, 9.17) is 9.40 Å². The summed E-state index contributed by atoms with van der Waals surface area (Å²) in [7, 11) is -3.09. The largest absolute Gasteiger partial charge is 0.439 e. The molecule has 0 spiro atoms. The summed E-state index contributed by atoms with van der Waals surface area (Å²) in [6.07, 6.45) is 5.82. The fraction of sp³-hybridized carbons (Fsp3) is 0.448. The molecule has 2 atom stereocenters. The average Bonchev–Trinajstić information content (AvgIpc) is 3.60. The van der Waals surface area contributed by atoms with Crippen LogP contribution in [0.4, 0.5) is 10.1 Å². The Morgan fingerprint density at radius 1 is 1.10 bits per heavy atom. The minimum Gasteiger partial charge on any atom is -0.439 e. The van der Waals surface area contributed by atoms with E-state index in [2.05, 4.69) is 16.4 Å². The number of nitriles is 1. The Bertz CT molecular complexity index is 1580. The summed E-state index contributed by atoms with van der Waals surface area (Å²) in [5.74, 6) is -0.879. The molecule has 1 amide bonds. The highest BCUT2D eigenvalue weighted by Gasteiger charge is 2.47. The topological polar surface area (TPSA) is 129 Å². The third kappa shape index (κ3) is 5.08. The van der Waals surface area contributed by atoms with Crippen molar-refractivity contribution in [3.05, 3.63) is 54.2 Å². The first-order valence-corrected chi connectivity index (χ1v) is 15.5. The standard InChI is InChI=1S/C29H30FN5O4S/c30-22-9-5-13-32-25(22)28-33-24(21-8-3-4-10-23(21)35-14-16-40(37,38)17-15-35)26(39-28)19-6-1-2-7-20(19)27(36)34-29(18-31)11-12-29/h3-5,8-10,13,19-20H,1-2,6-7,11-12,14-17H2,(H,34,36)/t19-,20-/m1/s1. The minimum atomic E-state index is -3.09. The number of halogens is 1. The smallest absolute Gasteiger partial charge is 0.249 e. The van der Waals surface area contributed by atoms with Crippen molar-refractivity contribution in [1.82, 2.24) is 15.3 Å². The van der Waals surface area contributed by atoms with Gasteiger partial charge < -0.3 is 14.6 Å². The van der Waals surface area contributed by atoms with Crippen molar-refractivity contribution in [2.24, 2.45) is 5.92 Å². The summed E-state index contributed by atoms with van der Waals surface area (Å²) in [5, 5.41) is 12.5. The number of nitrogens with one attached hydrogen (secondary N) is 1. The summed E-state index contributed by atoms with van der Waals surface area (Å²) in [6, 6.07) is 12.6. The summed E-state index contributed by atoms with van der Waals surface area (Å²) >= 11 is 0.